The minimum absolute atomic E-state index is 0.203. The lowest BCUT2D eigenvalue weighted by Crippen LogP contribution is -2.41. The van der Waals surface area contributed by atoms with E-state index >= 15 is 0 Å². The number of benzene rings is 2. The van der Waals surface area contributed by atoms with Crippen molar-refractivity contribution in [3.8, 4) is 23.0 Å². The van der Waals surface area contributed by atoms with Crippen molar-refractivity contribution < 1.29 is 23.7 Å². The lowest BCUT2D eigenvalue weighted by molar-refractivity contribution is 0.0911. The van der Waals surface area contributed by atoms with Gasteiger partial charge in [-0.1, -0.05) is 6.07 Å². The highest BCUT2D eigenvalue weighted by Gasteiger charge is 2.26. The summed E-state index contributed by atoms with van der Waals surface area (Å²) in [4.78, 5) is 12.7. The zero-order valence-corrected chi connectivity index (χ0v) is 15.4. The van der Waals surface area contributed by atoms with E-state index in [1.54, 1.807) is 32.4 Å². The summed E-state index contributed by atoms with van der Waals surface area (Å²) in [5, 5.41) is 3.05. The van der Waals surface area contributed by atoms with Crippen LogP contribution in [0.15, 0.2) is 36.4 Å². The summed E-state index contributed by atoms with van der Waals surface area (Å²) < 4.78 is 21.7. The molecule has 3 rings (SSSR count). The Morgan fingerprint density at radius 2 is 1.65 bits per heavy atom. The first-order chi connectivity index (χ1) is 12.4. The Hall–Kier alpha value is -2.89. The predicted octanol–water partition coefficient (Wildman–Crippen LogP) is 3.14. The molecule has 0 aromatic heterocycles. The van der Waals surface area contributed by atoms with Gasteiger partial charge >= 0.3 is 0 Å². The molecule has 0 saturated heterocycles. The number of carbonyl (C=O) groups is 1. The van der Waals surface area contributed by atoms with Crippen molar-refractivity contribution in [2.45, 2.75) is 19.4 Å². The summed E-state index contributed by atoms with van der Waals surface area (Å²) in [6.07, 6.45) is 0. The highest BCUT2D eigenvalue weighted by Crippen LogP contribution is 2.34. The molecule has 0 saturated carbocycles. The zero-order chi connectivity index (χ0) is 18.7. The van der Waals surface area contributed by atoms with Gasteiger partial charge in [-0.25, -0.2) is 0 Å². The van der Waals surface area contributed by atoms with Gasteiger partial charge < -0.3 is 24.3 Å². The summed E-state index contributed by atoms with van der Waals surface area (Å²) in [7, 11) is 3.10. The molecule has 26 heavy (non-hydrogen) atoms. The van der Waals surface area contributed by atoms with Crippen LogP contribution < -0.4 is 24.3 Å². The summed E-state index contributed by atoms with van der Waals surface area (Å²) in [5.41, 5.74) is 0.823. The van der Waals surface area contributed by atoms with E-state index < -0.39 is 5.54 Å². The molecule has 138 valence electrons. The molecule has 6 heteroatoms. The van der Waals surface area contributed by atoms with Crippen molar-refractivity contribution in [3.63, 3.8) is 0 Å². The quantitative estimate of drug-likeness (QED) is 0.890. The first-order valence-electron chi connectivity index (χ1n) is 8.39. The minimum atomic E-state index is -0.597. The van der Waals surface area contributed by atoms with Crippen molar-refractivity contribution in [2.24, 2.45) is 0 Å². The largest absolute Gasteiger partial charge is 0.493 e. The third kappa shape index (κ3) is 3.54. The molecule has 0 bridgehead atoms. The summed E-state index contributed by atoms with van der Waals surface area (Å²) in [5.74, 6) is 2.31. The topological polar surface area (TPSA) is 66.0 Å². The van der Waals surface area contributed by atoms with Crippen LogP contribution >= 0.6 is 0 Å². The van der Waals surface area contributed by atoms with E-state index in [1.807, 2.05) is 32.0 Å². The molecular weight excluding hydrogens is 334 g/mol. The van der Waals surface area contributed by atoms with Crippen LogP contribution in [0.25, 0.3) is 0 Å². The second kappa shape index (κ2) is 7.15. The smallest absolute Gasteiger partial charge is 0.252 e. The number of fused-ring (bicyclic) bond motifs is 1. The van der Waals surface area contributed by atoms with E-state index in [-0.39, 0.29) is 5.91 Å². The molecule has 0 atom stereocenters. The van der Waals surface area contributed by atoms with Crippen LogP contribution in [0.4, 0.5) is 0 Å². The first kappa shape index (κ1) is 17.9. The van der Waals surface area contributed by atoms with Gasteiger partial charge in [0.05, 0.1) is 19.8 Å². The van der Waals surface area contributed by atoms with E-state index in [4.69, 9.17) is 18.9 Å². The van der Waals surface area contributed by atoms with Crippen LogP contribution in [0.3, 0.4) is 0 Å². The van der Waals surface area contributed by atoms with Crippen LogP contribution in [0.5, 0.6) is 23.0 Å². The zero-order valence-electron chi connectivity index (χ0n) is 15.4. The van der Waals surface area contributed by atoms with Crippen LogP contribution in [0.2, 0.25) is 0 Å². The van der Waals surface area contributed by atoms with Gasteiger partial charge in [-0.3, -0.25) is 4.79 Å². The average Bonchev–Trinajstić information content (AvgIpc) is 2.66. The van der Waals surface area contributed by atoms with E-state index in [2.05, 4.69) is 5.32 Å². The van der Waals surface area contributed by atoms with Gasteiger partial charge in [0.2, 0.25) is 0 Å². The van der Waals surface area contributed by atoms with Gasteiger partial charge in [-0.15, -0.1) is 0 Å². The van der Waals surface area contributed by atoms with Gasteiger partial charge in [0.25, 0.3) is 5.91 Å². The molecule has 6 nitrogen and oxygen atoms in total. The second-order valence-electron chi connectivity index (χ2n) is 6.51. The number of rotatable bonds is 5. The fraction of sp³-hybridized carbons (Fsp3) is 0.350. The number of methoxy groups -OCH3 is 2. The number of hydrogen-bond acceptors (Lipinski definition) is 5. The van der Waals surface area contributed by atoms with E-state index in [0.717, 1.165) is 11.3 Å². The normalized spacial score (nSPS) is 13.1. The monoisotopic (exact) mass is 357 g/mol. The fourth-order valence-electron chi connectivity index (χ4n) is 2.84. The highest BCUT2D eigenvalue weighted by molar-refractivity contribution is 5.95. The molecule has 0 spiro atoms. The van der Waals surface area contributed by atoms with E-state index in [0.29, 0.717) is 36.0 Å². The van der Waals surface area contributed by atoms with E-state index in [1.165, 1.54) is 0 Å². The van der Waals surface area contributed by atoms with Gasteiger partial charge in [-0.05, 0) is 49.7 Å². The van der Waals surface area contributed by atoms with Crippen molar-refractivity contribution in [3.05, 3.63) is 47.5 Å². The summed E-state index contributed by atoms with van der Waals surface area (Å²) in [6, 6.07) is 10.8. The molecule has 2 aromatic carbocycles. The molecule has 1 N–H and O–H groups in total. The molecule has 2 aromatic rings. The number of ether oxygens (including phenoxy) is 4. The Morgan fingerprint density at radius 1 is 0.962 bits per heavy atom. The third-order valence-electron chi connectivity index (χ3n) is 4.34. The number of carbonyl (C=O) groups excluding carboxylic acids is 1. The Labute approximate surface area is 153 Å². The van der Waals surface area contributed by atoms with E-state index in [9.17, 15) is 4.79 Å². The lowest BCUT2D eigenvalue weighted by atomic mass is 9.93. The molecule has 1 amide bonds. The van der Waals surface area contributed by atoms with Crippen LogP contribution in [-0.2, 0) is 5.54 Å². The van der Waals surface area contributed by atoms with Crippen LogP contribution in [0.1, 0.15) is 29.8 Å². The van der Waals surface area contributed by atoms with Crippen molar-refractivity contribution in [1.82, 2.24) is 5.32 Å². The SMILES string of the molecule is COc1ccc(C(=O)NC(C)(C)c2ccc3c(c2)OCCO3)cc1OC. The maximum atomic E-state index is 12.7. The lowest BCUT2D eigenvalue weighted by Gasteiger charge is -2.29. The standard InChI is InChI=1S/C20H23NO5/c1-20(2,14-6-8-16-18(12-14)26-10-9-25-16)21-19(22)13-5-7-15(23-3)17(11-13)24-4/h5-8,11-12H,9-10H2,1-4H3,(H,21,22). The Kier molecular flexibility index (Phi) is 4.93. The van der Waals surface area contributed by atoms with Crippen molar-refractivity contribution in [2.75, 3.05) is 27.4 Å². The molecule has 1 aliphatic rings. The maximum Gasteiger partial charge on any atom is 0.252 e. The summed E-state index contributed by atoms with van der Waals surface area (Å²) in [6.45, 7) is 4.95. The minimum Gasteiger partial charge on any atom is -0.493 e. The van der Waals surface area contributed by atoms with Crippen LogP contribution in [-0.4, -0.2) is 33.3 Å². The van der Waals surface area contributed by atoms with Gasteiger partial charge in [0, 0.05) is 5.56 Å². The fourth-order valence-corrected chi connectivity index (χ4v) is 2.84. The third-order valence-corrected chi connectivity index (χ3v) is 4.34. The molecule has 0 unspecified atom stereocenters. The number of hydrogen-bond donors (Lipinski definition) is 1. The molecule has 1 heterocycles. The van der Waals surface area contributed by atoms with Crippen LogP contribution in [0, 0.1) is 0 Å². The molecule has 1 aliphatic heterocycles. The number of nitrogens with one attached hydrogen (secondary N) is 1. The van der Waals surface area contributed by atoms with Gasteiger partial charge in [-0.2, -0.15) is 0 Å². The van der Waals surface area contributed by atoms with Gasteiger partial charge in [0.15, 0.2) is 23.0 Å². The van der Waals surface area contributed by atoms with Crippen molar-refractivity contribution >= 4 is 5.91 Å². The molecule has 0 radical (unpaired) electrons. The molecule has 0 fully saturated rings. The molecule has 0 aliphatic carbocycles. The molecular formula is C20H23NO5. The highest BCUT2D eigenvalue weighted by atomic mass is 16.6. The maximum absolute atomic E-state index is 12.7. The Morgan fingerprint density at radius 3 is 2.35 bits per heavy atom. The van der Waals surface area contributed by atoms with Crippen molar-refractivity contribution in [1.29, 1.82) is 0 Å². The van der Waals surface area contributed by atoms with Gasteiger partial charge in [0.1, 0.15) is 13.2 Å². The Bertz CT molecular complexity index is 816. The predicted molar refractivity (Wildman–Crippen MR) is 97.5 cm³/mol. The number of amides is 1. The Balaban J connectivity index is 1.81. The first-order valence-corrected chi connectivity index (χ1v) is 8.39. The summed E-state index contributed by atoms with van der Waals surface area (Å²) >= 11 is 0. The average molecular weight is 357 g/mol. The second-order valence-corrected chi connectivity index (χ2v) is 6.51.